The molecule has 1 nitrogen and oxygen atoms in total. The van der Waals surface area contributed by atoms with E-state index in [0.29, 0.717) is 17.8 Å². The Morgan fingerprint density at radius 1 is 0.821 bits per heavy atom. The first-order chi connectivity index (χ1) is 18.3. The molecule has 220 valence electrons. The summed E-state index contributed by atoms with van der Waals surface area (Å²) < 4.78 is 39.3. The van der Waals surface area contributed by atoms with Gasteiger partial charge in [0.2, 0.25) is 0 Å². The molecule has 5 rings (SSSR count). The Kier molecular flexibility index (Phi) is 8.30. The van der Waals surface area contributed by atoms with Crippen molar-refractivity contribution < 1.29 is 18.3 Å². The van der Waals surface area contributed by atoms with Crippen LogP contribution in [0.3, 0.4) is 0 Å². The van der Waals surface area contributed by atoms with Crippen LogP contribution in [0.4, 0.5) is 13.2 Å². The SMILES string of the molecule is CC(C)CCC[C@@H](C)[C@H]1CCC2C3CCC4[C@H](Cc5ccc(C(F)(F)F)cc5)[C@H](O)CC[C@]4(C)C3CC[C@@]21C. The van der Waals surface area contributed by atoms with Crippen molar-refractivity contribution in [1.82, 2.24) is 0 Å². The quantitative estimate of drug-likeness (QED) is 0.361. The Labute approximate surface area is 235 Å². The van der Waals surface area contributed by atoms with E-state index in [0.717, 1.165) is 53.9 Å². The highest BCUT2D eigenvalue weighted by molar-refractivity contribution is 5.25. The Bertz CT molecular complexity index is 969. The third kappa shape index (κ3) is 5.46. The van der Waals surface area contributed by atoms with Crippen LogP contribution in [0.15, 0.2) is 24.3 Å². The van der Waals surface area contributed by atoms with Gasteiger partial charge in [-0.2, -0.15) is 13.2 Å². The zero-order valence-corrected chi connectivity index (χ0v) is 25.1. The minimum atomic E-state index is -4.31. The summed E-state index contributed by atoms with van der Waals surface area (Å²) in [6.07, 6.45) is 9.98. The number of hydrogen-bond acceptors (Lipinski definition) is 1. The summed E-state index contributed by atoms with van der Waals surface area (Å²) in [5.41, 5.74) is 1.06. The number of aliphatic hydroxyl groups is 1. The molecule has 0 amide bonds. The van der Waals surface area contributed by atoms with Crippen molar-refractivity contribution in [2.45, 2.75) is 124 Å². The number of halogens is 3. The van der Waals surface area contributed by atoms with Gasteiger partial charge in [-0.1, -0.05) is 66.0 Å². The maximum absolute atomic E-state index is 13.1. The first-order valence-corrected chi connectivity index (χ1v) is 16.2. The number of rotatable bonds is 7. The van der Waals surface area contributed by atoms with Crippen molar-refractivity contribution in [2.24, 2.45) is 58.2 Å². The van der Waals surface area contributed by atoms with Crippen molar-refractivity contribution in [1.29, 1.82) is 0 Å². The van der Waals surface area contributed by atoms with Gasteiger partial charge in [0.1, 0.15) is 0 Å². The molecule has 10 atom stereocenters. The van der Waals surface area contributed by atoms with E-state index in [1.165, 1.54) is 69.9 Å². The second-order valence-corrected chi connectivity index (χ2v) is 15.3. The summed E-state index contributed by atoms with van der Waals surface area (Å²) in [7, 11) is 0. The summed E-state index contributed by atoms with van der Waals surface area (Å²) in [5, 5.41) is 11.2. The summed E-state index contributed by atoms with van der Waals surface area (Å²) in [5.74, 6) is 5.46. The number of hydrogen-bond donors (Lipinski definition) is 1. The predicted octanol–water partition coefficient (Wildman–Crippen LogP) is 9.96. The molecule has 4 unspecified atom stereocenters. The molecule has 0 spiro atoms. The van der Waals surface area contributed by atoms with Gasteiger partial charge in [-0.3, -0.25) is 0 Å². The van der Waals surface area contributed by atoms with Crippen molar-refractivity contribution in [3.63, 3.8) is 0 Å². The first-order valence-electron chi connectivity index (χ1n) is 16.2. The third-order valence-corrected chi connectivity index (χ3v) is 12.9. The van der Waals surface area contributed by atoms with Crippen LogP contribution < -0.4 is 0 Å². The van der Waals surface area contributed by atoms with Gasteiger partial charge in [-0.05, 0) is 134 Å². The number of aliphatic hydroxyl groups excluding tert-OH is 1. The Balaban J connectivity index is 1.30. The van der Waals surface area contributed by atoms with Gasteiger partial charge in [-0.15, -0.1) is 0 Å². The molecule has 4 fully saturated rings. The van der Waals surface area contributed by atoms with Gasteiger partial charge in [0.05, 0.1) is 11.7 Å². The molecular formula is C35H53F3O. The van der Waals surface area contributed by atoms with Gasteiger partial charge in [0.15, 0.2) is 0 Å². The van der Waals surface area contributed by atoms with Gasteiger partial charge in [0.25, 0.3) is 0 Å². The molecule has 4 aliphatic carbocycles. The van der Waals surface area contributed by atoms with Gasteiger partial charge in [-0.25, -0.2) is 0 Å². The highest BCUT2D eigenvalue weighted by Gasteiger charge is 2.61. The largest absolute Gasteiger partial charge is 0.416 e. The smallest absolute Gasteiger partial charge is 0.393 e. The lowest BCUT2D eigenvalue weighted by molar-refractivity contribution is -0.152. The second kappa shape index (κ2) is 11.0. The maximum Gasteiger partial charge on any atom is 0.416 e. The fourth-order valence-electron chi connectivity index (χ4n) is 10.9. The number of alkyl halides is 3. The zero-order valence-electron chi connectivity index (χ0n) is 25.1. The van der Waals surface area contributed by atoms with Crippen LogP contribution in [0.2, 0.25) is 0 Å². The molecule has 0 radical (unpaired) electrons. The highest BCUT2D eigenvalue weighted by atomic mass is 19.4. The molecule has 0 saturated heterocycles. The van der Waals surface area contributed by atoms with E-state index in [1.54, 1.807) is 12.1 Å². The fourth-order valence-corrected chi connectivity index (χ4v) is 10.9. The summed E-state index contributed by atoms with van der Waals surface area (Å²) in [4.78, 5) is 0. The first kappa shape index (κ1) is 29.5. The molecule has 0 heterocycles. The van der Waals surface area contributed by atoms with Crippen LogP contribution in [0.25, 0.3) is 0 Å². The lowest BCUT2D eigenvalue weighted by Crippen LogP contribution is -2.57. The third-order valence-electron chi connectivity index (χ3n) is 12.9. The van der Waals surface area contributed by atoms with E-state index in [4.69, 9.17) is 0 Å². The Hall–Kier alpha value is -1.03. The molecular weight excluding hydrogens is 493 g/mol. The topological polar surface area (TPSA) is 20.2 Å². The molecule has 4 aliphatic rings. The van der Waals surface area contributed by atoms with Crippen molar-refractivity contribution in [3.05, 3.63) is 35.4 Å². The van der Waals surface area contributed by atoms with E-state index in [2.05, 4.69) is 34.6 Å². The van der Waals surface area contributed by atoms with Crippen LogP contribution in [-0.2, 0) is 12.6 Å². The molecule has 1 aromatic rings. The lowest BCUT2D eigenvalue weighted by atomic mass is 9.42. The van der Waals surface area contributed by atoms with Crippen LogP contribution in [0.5, 0.6) is 0 Å². The highest BCUT2D eigenvalue weighted by Crippen LogP contribution is 2.69. The van der Waals surface area contributed by atoms with E-state index in [1.807, 2.05) is 0 Å². The van der Waals surface area contributed by atoms with E-state index in [-0.39, 0.29) is 17.4 Å². The Morgan fingerprint density at radius 2 is 1.46 bits per heavy atom. The van der Waals surface area contributed by atoms with Crippen LogP contribution in [0.1, 0.15) is 116 Å². The lowest BCUT2D eigenvalue weighted by Gasteiger charge is -2.63. The van der Waals surface area contributed by atoms with Crippen LogP contribution in [0, 0.1) is 58.2 Å². The van der Waals surface area contributed by atoms with Crippen LogP contribution in [-0.4, -0.2) is 11.2 Å². The van der Waals surface area contributed by atoms with Gasteiger partial charge >= 0.3 is 6.18 Å². The average Bonchev–Trinajstić information content (AvgIpc) is 3.23. The van der Waals surface area contributed by atoms with E-state index < -0.39 is 11.7 Å². The second-order valence-electron chi connectivity index (χ2n) is 15.3. The molecule has 39 heavy (non-hydrogen) atoms. The molecule has 1 aromatic carbocycles. The van der Waals surface area contributed by atoms with Gasteiger partial charge < -0.3 is 5.11 Å². The van der Waals surface area contributed by atoms with Crippen molar-refractivity contribution >= 4 is 0 Å². The number of benzene rings is 1. The minimum Gasteiger partial charge on any atom is -0.393 e. The standard InChI is InChI=1S/C35H53F3O/c1-22(2)7-6-8-23(3)28-15-16-29-26-13-14-30-27(21-24-9-11-25(12-10-24)35(36,37)38)32(39)18-20-34(30,5)31(26)17-19-33(28,29)4/h9-12,22-23,26-32,39H,6-8,13-21H2,1-5H3/t23-,26?,27+,28-,29?,30?,31?,32-,33-,34+/m1/s1. The molecule has 0 aromatic heterocycles. The molecule has 4 saturated carbocycles. The maximum atomic E-state index is 13.1. The van der Waals surface area contributed by atoms with E-state index >= 15 is 0 Å². The molecule has 1 N–H and O–H groups in total. The van der Waals surface area contributed by atoms with Gasteiger partial charge in [0, 0.05) is 0 Å². The summed E-state index contributed by atoms with van der Waals surface area (Å²) in [6.45, 7) is 12.4. The molecule has 0 aliphatic heterocycles. The monoisotopic (exact) mass is 546 g/mol. The summed E-state index contributed by atoms with van der Waals surface area (Å²) in [6, 6.07) is 5.70. The van der Waals surface area contributed by atoms with Crippen molar-refractivity contribution in [3.8, 4) is 0 Å². The predicted molar refractivity (Wildman–Crippen MR) is 153 cm³/mol. The zero-order chi connectivity index (χ0) is 28.2. The Morgan fingerprint density at radius 3 is 2.13 bits per heavy atom. The fraction of sp³-hybridized carbons (Fsp3) is 0.829. The van der Waals surface area contributed by atoms with Crippen molar-refractivity contribution in [2.75, 3.05) is 0 Å². The summed E-state index contributed by atoms with van der Waals surface area (Å²) >= 11 is 0. The molecule has 0 bridgehead atoms. The average molecular weight is 547 g/mol. The van der Waals surface area contributed by atoms with Crippen LogP contribution >= 0.6 is 0 Å². The minimum absolute atomic E-state index is 0.145. The number of fused-ring (bicyclic) bond motifs is 5. The van der Waals surface area contributed by atoms with E-state index in [9.17, 15) is 18.3 Å². The molecule has 4 heteroatoms. The normalized spacial score (nSPS) is 41.1.